The number of benzene rings is 2. The zero-order valence-corrected chi connectivity index (χ0v) is 19.7. The van der Waals surface area contributed by atoms with Gasteiger partial charge in [0, 0.05) is 10.2 Å². The van der Waals surface area contributed by atoms with Gasteiger partial charge in [-0.1, -0.05) is 82.3 Å². The van der Waals surface area contributed by atoms with Crippen LogP contribution in [0.5, 0.6) is 0 Å². The molecular formula is C22H22BrN7S. The molecule has 7 nitrogen and oxygen atoms in total. The first-order chi connectivity index (χ1) is 15.1. The van der Waals surface area contributed by atoms with E-state index in [0.717, 1.165) is 33.5 Å². The second-order valence-electron chi connectivity index (χ2n) is 6.92. The molecule has 31 heavy (non-hydrogen) atoms. The van der Waals surface area contributed by atoms with E-state index < -0.39 is 0 Å². The first-order valence-corrected chi connectivity index (χ1v) is 11.8. The predicted molar refractivity (Wildman–Crippen MR) is 130 cm³/mol. The third-order valence-electron chi connectivity index (χ3n) is 4.54. The van der Waals surface area contributed by atoms with Crippen LogP contribution in [0.1, 0.15) is 31.4 Å². The summed E-state index contributed by atoms with van der Waals surface area (Å²) in [6, 6.07) is 18.2. The van der Waals surface area contributed by atoms with Crippen molar-refractivity contribution in [1.29, 1.82) is 0 Å². The lowest BCUT2D eigenvalue weighted by atomic mass is 10.1. The van der Waals surface area contributed by atoms with Gasteiger partial charge in [-0.05, 0) is 36.6 Å². The quantitative estimate of drug-likeness (QED) is 0.153. The van der Waals surface area contributed by atoms with E-state index in [4.69, 9.17) is 4.98 Å². The Kier molecular flexibility index (Phi) is 6.93. The Morgan fingerprint density at radius 3 is 2.61 bits per heavy atom. The van der Waals surface area contributed by atoms with Gasteiger partial charge in [0.15, 0.2) is 22.1 Å². The van der Waals surface area contributed by atoms with Gasteiger partial charge < -0.3 is 0 Å². The maximum Gasteiger partial charge on any atom is 0.191 e. The Morgan fingerprint density at radius 2 is 1.87 bits per heavy atom. The number of nitrogens with zero attached hydrogens (tertiary/aromatic N) is 6. The average Bonchev–Trinajstić information content (AvgIpc) is 3.19. The van der Waals surface area contributed by atoms with Crippen LogP contribution in [0.2, 0.25) is 0 Å². The van der Waals surface area contributed by atoms with Crippen molar-refractivity contribution in [2.45, 2.75) is 32.0 Å². The Morgan fingerprint density at radius 1 is 1.10 bits per heavy atom. The average molecular weight is 496 g/mol. The number of hydrogen-bond acceptors (Lipinski definition) is 7. The number of hydrogen-bond donors (Lipinski definition) is 1. The van der Waals surface area contributed by atoms with Gasteiger partial charge in [-0.15, -0.1) is 5.10 Å². The summed E-state index contributed by atoms with van der Waals surface area (Å²) in [6.07, 6.45) is 1.04. The molecule has 0 saturated heterocycles. The number of nitrogens with one attached hydrogen (secondary N) is 1. The van der Waals surface area contributed by atoms with E-state index in [-0.39, 0.29) is 0 Å². The molecule has 0 unspecified atom stereocenters. The molecule has 0 bridgehead atoms. The molecule has 2 heterocycles. The Hall–Kier alpha value is -2.78. The van der Waals surface area contributed by atoms with Gasteiger partial charge in [0.25, 0.3) is 0 Å². The van der Waals surface area contributed by atoms with E-state index in [1.807, 2.05) is 49.4 Å². The van der Waals surface area contributed by atoms with Gasteiger partial charge in [0.05, 0.1) is 12.3 Å². The van der Waals surface area contributed by atoms with E-state index in [1.165, 1.54) is 0 Å². The van der Waals surface area contributed by atoms with Crippen molar-refractivity contribution in [3.05, 3.63) is 70.2 Å². The van der Waals surface area contributed by atoms with Gasteiger partial charge in [0.2, 0.25) is 0 Å². The summed E-state index contributed by atoms with van der Waals surface area (Å²) in [5.41, 5.74) is 7.38. The fourth-order valence-corrected chi connectivity index (χ4v) is 3.89. The van der Waals surface area contributed by atoms with Gasteiger partial charge in [0.1, 0.15) is 0 Å². The maximum absolute atomic E-state index is 4.72. The molecule has 0 saturated carbocycles. The van der Waals surface area contributed by atoms with Crippen molar-refractivity contribution < 1.29 is 0 Å². The highest BCUT2D eigenvalue weighted by molar-refractivity contribution is 9.10. The van der Waals surface area contributed by atoms with Crippen molar-refractivity contribution in [2.75, 3.05) is 11.2 Å². The van der Waals surface area contributed by atoms with Crippen molar-refractivity contribution in [3.8, 4) is 0 Å². The molecule has 0 fully saturated rings. The monoisotopic (exact) mass is 495 g/mol. The first kappa shape index (κ1) is 21.5. The molecule has 0 aliphatic heterocycles. The molecule has 0 radical (unpaired) electrons. The number of anilines is 1. The minimum Gasteiger partial charge on any atom is -0.259 e. The largest absolute Gasteiger partial charge is 0.259 e. The summed E-state index contributed by atoms with van der Waals surface area (Å²) in [7, 11) is 0. The van der Waals surface area contributed by atoms with Crippen LogP contribution in [0.3, 0.4) is 0 Å². The molecule has 0 aliphatic carbocycles. The number of aromatic nitrogens is 5. The van der Waals surface area contributed by atoms with E-state index >= 15 is 0 Å². The highest BCUT2D eigenvalue weighted by Gasteiger charge is 2.15. The molecule has 158 valence electrons. The summed E-state index contributed by atoms with van der Waals surface area (Å²) < 4.78 is 2.83. The van der Waals surface area contributed by atoms with Crippen LogP contribution in [0.4, 0.5) is 5.82 Å². The second kappa shape index (κ2) is 10.0. The molecule has 0 amide bonds. The smallest absolute Gasteiger partial charge is 0.191 e. The Labute approximate surface area is 193 Å². The lowest BCUT2D eigenvalue weighted by Crippen LogP contribution is -2.05. The molecule has 0 aliphatic rings. The highest BCUT2D eigenvalue weighted by Crippen LogP contribution is 2.24. The number of thioether (sulfide) groups is 1. The molecule has 1 N–H and O–H groups in total. The van der Waals surface area contributed by atoms with Crippen molar-refractivity contribution in [3.63, 3.8) is 0 Å². The summed E-state index contributed by atoms with van der Waals surface area (Å²) >= 11 is 5.07. The van der Waals surface area contributed by atoms with Crippen molar-refractivity contribution in [1.82, 2.24) is 25.0 Å². The predicted octanol–water partition coefficient (Wildman–Crippen LogP) is 5.37. The van der Waals surface area contributed by atoms with Crippen LogP contribution in [-0.2, 0) is 6.54 Å². The lowest BCUT2D eigenvalue weighted by Gasteiger charge is -2.07. The van der Waals surface area contributed by atoms with Crippen LogP contribution < -0.4 is 5.43 Å². The summed E-state index contributed by atoms with van der Waals surface area (Å²) in [6.45, 7) is 4.68. The molecule has 0 atom stereocenters. The fraction of sp³-hybridized carbons (Fsp3) is 0.227. The van der Waals surface area contributed by atoms with Gasteiger partial charge in [-0.2, -0.15) is 5.10 Å². The van der Waals surface area contributed by atoms with Crippen molar-refractivity contribution in [2.24, 2.45) is 5.10 Å². The molecule has 2 aromatic carbocycles. The standard InChI is InChI=1S/C22H22BrN7S/c1-3-13-31-22-24-20(28-26-15(2)17-9-11-18(23)12-10-17)19-21(25-22)30(29-27-19)14-16-7-5-4-6-8-16/h4-12H,3,13-14H2,1-2H3,(H,24,25,28)/b26-15+. The lowest BCUT2D eigenvalue weighted by molar-refractivity contribution is 0.661. The molecule has 4 rings (SSSR count). The Bertz CT molecular complexity index is 1190. The molecule has 9 heteroatoms. The number of rotatable bonds is 8. The number of fused-ring (bicyclic) bond motifs is 1. The number of halogens is 1. The zero-order valence-electron chi connectivity index (χ0n) is 17.3. The van der Waals surface area contributed by atoms with Crippen LogP contribution in [-0.4, -0.2) is 36.4 Å². The SMILES string of the molecule is CCCSc1nc(N/N=C(\C)c2ccc(Br)cc2)c2nnn(Cc3ccccc3)c2n1. The van der Waals surface area contributed by atoms with Crippen LogP contribution in [0.15, 0.2) is 69.3 Å². The van der Waals surface area contributed by atoms with Gasteiger partial charge in [-0.3, -0.25) is 5.43 Å². The third-order valence-corrected chi connectivity index (χ3v) is 6.13. The second-order valence-corrected chi connectivity index (χ2v) is 8.90. The van der Waals surface area contributed by atoms with Gasteiger partial charge >= 0.3 is 0 Å². The first-order valence-electron chi connectivity index (χ1n) is 9.98. The minimum atomic E-state index is 0.555. The van der Waals surface area contributed by atoms with Crippen LogP contribution in [0.25, 0.3) is 11.2 Å². The summed E-state index contributed by atoms with van der Waals surface area (Å²) in [5, 5.41) is 13.9. The molecule has 0 spiro atoms. The summed E-state index contributed by atoms with van der Waals surface area (Å²) in [5.74, 6) is 1.49. The molecule has 2 aromatic heterocycles. The van der Waals surface area contributed by atoms with E-state index in [1.54, 1.807) is 16.4 Å². The van der Waals surface area contributed by atoms with E-state index in [9.17, 15) is 0 Å². The fourth-order valence-electron chi connectivity index (χ4n) is 2.93. The third kappa shape index (κ3) is 5.29. The molecular weight excluding hydrogens is 474 g/mol. The summed E-state index contributed by atoms with van der Waals surface area (Å²) in [4.78, 5) is 9.37. The Balaban J connectivity index is 1.67. The van der Waals surface area contributed by atoms with Gasteiger partial charge in [-0.25, -0.2) is 14.6 Å². The van der Waals surface area contributed by atoms with Crippen LogP contribution in [0, 0.1) is 0 Å². The van der Waals surface area contributed by atoms with Crippen LogP contribution >= 0.6 is 27.7 Å². The van der Waals surface area contributed by atoms with E-state index in [0.29, 0.717) is 28.7 Å². The van der Waals surface area contributed by atoms with Crippen molar-refractivity contribution >= 4 is 50.4 Å². The van der Waals surface area contributed by atoms with E-state index in [2.05, 4.69) is 60.8 Å². The zero-order chi connectivity index (χ0) is 21.6. The topological polar surface area (TPSA) is 80.9 Å². The maximum atomic E-state index is 4.72. The highest BCUT2D eigenvalue weighted by atomic mass is 79.9. The molecule has 4 aromatic rings. The normalized spacial score (nSPS) is 11.8. The number of hydrazone groups is 1. The minimum absolute atomic E-state index is 0.555.